The molecule has 1 aromatic carbocycles. The molecule has 3 aromatic rings. The molecule has 0 saturated carbocycles. The molecular formula is C14H12Cl2F3N3. The SMILES string of the molecule is Cl.Cl.Nc1c(-c2ccccc2)nc2c(C(F)(F)F)cccn12. The number of nitrogens with zero attached hydrogens (tertiary/aromatic N) is 2. The smallest absolute Gasteiger partial charge is 0.383 e. The van der Waals surface area contributed by atoms with Crippen LogP contribution < -0.4 is 5.73 Å². The van der Waals surface area contributed by atoms with Gasteiger partial charge in [0.15, 0.2) is 5.65 Å². The first-order valence-electron chi connectivity index (χ1n) is 5.87. The number of hydrogen-bond donors (Lipinski definition) is 1. The highest BCUT2D eigenvalue weighted by molar-refractivity contribution is 5.85. The average molecular weight is 350 g/mol. The molecule has 8 heteroatoms. The Bertz CT molecular complexity index is 770. The number of alkyl halides is 3. The van der Waals surface area contributed by atoms with Gasteiger partial charge >= 0.3 is 6.18 Å². The van der Waals surface area contributed by atoms with Crippen molar-refractivity contribution in [3.05, 3.63) is 54.2 Å². The molecule has 0 radical (unpaired) electrons. The van der Waals surface area contributed by atoms with Crippen LogP contribution in [0, 0.1) is 0 Å². The largest absolute Gasteiger partial charge is 0.419 e. The van der Waals surface area contributed by atoms with E-state index in [1.807, 2.05) is 6.07 Å². The van der Waals surface area contributed by atoms with Gasteiger partial charge in [-0.1, -0.05) is 30.3 Å². The Balaban J connectivity index is 0.00000121. The summed E-state index contributed by atoms with van der Waals surface area (Å²) in [6.45, 7) is 0. The third-order valence-electron chi connectivity index (χ3n) is 3.04. The number of nitrogen functional groups attached to an aromatic ring is 1. The Kier molecular flexibility index (Phi) is 5.32. The summed E-state index contributed by atoms with van der Waals surface area (Å²) in [7, 11) is 0. The lowest BCUT2D eigenvalue weighted by Crippen LogP contribution is -2.07. The minimum absolute atomic E-state index is 0. The van der Waals surface area contributed by atoms with E-state index in [4.69, 9.17) is 5.73 Å². The Morgan fingerprint density at radius 1 is 0.955 bits per heavy atom. The molecule has 22 heavy (non-hydrogen) atoms. The third kappa shape index (κ3) is 2.98. The van der Waals surface area contributed by atoms with Crippen molar-refractivity contribution in [2.45, 2.75) is 6.18 Å². The number of rotatable bonds is 1. The topological polar surface area (TPSA) is 43.3 Å². The fourth-order valence-electron chi connectivity index (χ4n) is 2.12. The van der Waals surface area contributed by atoms with Crippen LogP contribution in [0.4, 0.5) is 19.0 Å². The van der Waals surface area contributed by atoms with Gasteiger partial charge in [0.2, 0.25) is 0 Å². The number of halogens is 5. The second-order valence-electron chi connectivity index (χ2n) is 4.32. The Morgan fingerprint density at radius 2 is 1.59 bits per heavy atom. The predicted octanol–water partition coefficient (Wildman–Crippen LogP) is 4.45. The molecule has 0 aliphatic heterocycles. The second kappa shape index (κ2) is 6.46. The lowest BCUT2D eigenvalue weighted by atomic mass is 10.1. The van der Waals surface area contributed by atoms with Crippen molar-refractivity contribution in [3.63, 3.8) is 0 Å². The van der Waals surface area contributed by atoms with Crippen LogP contribution in [0.3, 0.4) is 0 Å². The van der Waals surface area contributed by atoms with Crippen molar-refractivity contribution in [3.8, 4) is 11.3 Å². The first-order chi connectivity index (χ1) is 9.48. The van der Waals surface area contributed by atoms with Crippen LogP contribution in [0.2, 0.25) is 0 Å². The van der Waals surface area contributed by atoms with E-state index < -0.39 is 11.7 Å². The van der Waals surface area contributed by atoms with Gasteiger partial charge in [-0.05, 0) is 12.1 Å². The maximum atomic E-state index is 13.0. The number of pyridine rings is 1. The van der Waals surface area contributed by atoms with Crippen molar-refractivity contribution < 1.29 is 13.2 Å². The highest BCUT2D eigenvalue weighted by Crippen LogP contribution is 2.35. The predicted molar refractivity (Wildman–Crippen MR) is 84.5 cm³/mol. The van der Waals surface area contributed by atoms with E-state index in [-0.39, 0.29) is 36.3 Å². The summed E-state index contributed by atoms with van der Waals surface area (Å²) in [6.07, 6.45) is -2.99. The fraction of sp³-hybridized carbons (Fsp3) is 0.0714. The molecule has 0 bridgehead atoms. The monoisotopic (exact) mass is 349 g/mol. The van der Waals surface area contributed by atoms with Crippen LogP contribution in [0.5, 0.6) is 0 Å². The molecule has 0 amide bonds. The zero-order valence-corrected chi connectivity index (χ0v) is 12.7. The Hall–Kier alpha value is -1.92. The van der Waals surface area contributed by atoms with Gasteiger partial charge in [-0.2, -0.15) is 13.2 Å². The van der Waals surface area contributed by atoms with E-state index in [1.54, 1.807) is 24.3 Å². The van der Waals surface area contributed by atoms with Gasteiger partial charge in [-0.3, -0.25) is 4.40 Å². The summed E-state index contributed by atoms with van der Waals surface area (Å²) in [5, 5.41) is 0. The van der Waals surface area contributed by atoms with Gasteiger partial charge in [0, 0.05) is 11.8 Å². The van der Waals surface area contributed by atoms with Crippen LogP contribution in [0.15, 0.2) is 48.7 Å². The molecule has 2 heterocycles. The highest BCUT2D eigenvalue weighted by Gasteiger charge is 2.34. The van der Waals surface area contributed by atoms with Crippen LogP contribution >= 0.6 is 24.8 Å². The molecule has 0 aliphatic rings. The number of imidazole rings is 1. The van der Waals surface area contributed by atoms with Crippen molar-refractivity contribution >= 4 is 36.3 Å². The van der Waals surface area contributed by atoms with Gasteiger partial charge in [-0.15, -0.1) is 24.8 Å². The van der Waals surface area contributed by atoms with Gasteiger partial charge in [-0.25, -0.2) is 4.98 Å². The minimum atomic E-state index is -4.46. The summed E-state index contributed by atoms with van der Waals surface area (Å²) in [4.78, 5) is 4.07. The Morgan fingerprint density at radius 3 is 2.18 bits per heavy atom. The summed E-state index contributed by atoms with van der Waals surface area (Å²) >= 11 is 0. The van der Waals surface area contributed by atoms with Crippen molar-refractivity contribution in [1.29, 1.82) is 0 Å². The lowest BCUT2D eigenvalue weighted by molar-refractivity contribution is -0.136. The number of anilines is 1. The lowest BCUT2D eigenvalue weighted by Gasteiger charge is -2.07. The summed E-state index contributed by atoms with van der Waals surface area (Å²) in [5.74, 6) is 0.192. The molecule has 0 atom stereocenters. The van der Waals surface area contributed by atoms with Crippen molar-refractivity contribution in [2.75, 3.05) is 5.73 Å². The molecule has 0 saturated heterocycles. The second-order valence-corrected chi connectivity index (χ2v) is 4.32. The van der Waals surface area contributed by atoms with Gasteiger partial charge < -0.3 is 5.73 Å². The maximum absolute atomic E-state index is 13.0. The third-order valence-corrected chi connectivity index (χ3v) is 3.04. The molecule has 2 aromatic heterocycles. The fourth-order valence-corrected chi connectivity index (χ4v) is 2.12. The molecule has 0 spiro atoms. The number of hydrogen-bond acceptors (Lipinski definition) is 2. The molecule has 0 unspecified atom stereocenters. The summed E-state index contributed by atoms with van der Waals surface area (Å²) in [5.41, 5.74) is 5.97. The standard InChI is InChI=1S/C14H10F3N3.2ClH/c15-14(16,17)10-7-4-8-20-12(18)11(19-13(10)20)9-5-2-1-3-6-9;;/h1-8H,18H2;2*1H. The first-order valence-corrected chi connectivity index (χ1v) is 5.87. The van der Waals surface area contributed by atoms with Crippen LogP contribution in [-0.4, -0.2) is 9.38 Å². The number of fused-ring (bicyclic) bond motifs is 1. The van der Waals surface area contributed by atoms with Crippen molar-refractivity contribution in [1.82, 2.24) is 9.38 Å². The number of aromatic nitrogens is 2. The van der Waals surface area contributed by atoms with Crippen LogP contribution in [0.25, 0.3) is 16.9 Å². The molecule has 2 N–H and O–H groups in total. The van der Waals surface area contributed by atoms with E-state index in [9.17, 15) is 13.2 Å². The zero-order chi connectivity index (χ0) is 14.3. The van der Waals surface area contributed by atoms with E-state index in [1.165, 1.54) is 16.7 Å². The maximum Gasteiger partial charge on any atom is 0.419 e. The van der Waals surface area contributed by atoms with Crippen molar-refractivity contribution in [2.24, 2.45) is 0 Å². The first kappa shape index (κ1) is 18.1. The Labute approximate surface area is 136 Å². The summed E-state index contributed by atoms with van der Waals surface area (Å²) < 4.78 is 40.2. The average Bonchev–Trinajstić information content (AvgIpc) is 2.76. The van der Waals surface area contributed by atoms with Gasteiger partial charge in [0.1, 0.15) is 11.5 Å². The van der Waals surface area contributed by atoms with E-state index >= 15 is 0 Å². The van der Waals surface area contributed by atoms with E-state index in [2.05, 4.69) is 4.98 Å². The van der Waals surface area contributed by atoms with Gasteiger partial charge in [0.05, 0.1) is 5.56 Å². The summed E-state index contributed by atoms with van der Waals surface area (Å²) in [6, 6.07) is 11.2. The molecule has 0 aliphatic carbocycles. The van der Waals surface area contributed by atoms with E-state index in [0.29, 0.717) is 11.3 Å². The quantitative estimate of drug-likeness (QED) is 0.705. The molecule has 3 rings (SSSR count). The number of nitrogens with two attached hydrogens (primary N) is 1. The molecule has 118 valence electrons. The molecular weight excluding hydrogens is 338 g/mol. The van der Waals surface area contributed by atoms with E-state index in [0.717, 1.165) is 6.07 Å². The normalized spacial score (nSPS) is 10.9. The zero-order valence-electron chi connectivity index (χ0n) is 11.0. The minimum Gasteiger partial charge on any atom is -0.383 e. The molecule has 3 nitrogen and oxygen atoms in total. The highest BCUT2D eigenvalue weighted by atomic mass is 35.5. The van der Waals surface area contributed by atoms with Crippen LogP contribution in [0.1, 0.15) is 5.56 Å². The molecule has 0 fully saturated rings. The number of benzene rings is 1. The van der Waals surface area contributed by atoms with Gasteiger partial charge in [0.25, 0.3) is 0 Å². The van der Waals surface area contributed by atoms with Crippen LogP contribution in [-0.2, 0) is 6.18 Å².